The van der Waals surface area contributed by atoms with E-state index >= 15 is 0 Å². The van der Waals surface area contributed by atoms with Crippen molar-refractivity contribution in [2.45, 2.75) is 0 Å². The van der Waals surface area contributed by atoms with Gasteiger partial charge in [-0.05, 0) is 24.3 Å². The molecular formula is C13H10Cl2N6. The molecule has 0 aliphatic heterocycles. The zero-order valence-electron chi connectivity index (χ0n) is 11.0. The van der Waals surface area contributed by atoms with Crippen molar-refractivity contribution in [1.82, 2.24) is 24.7 Å². The lowest BCUT2D eigenvalue weighted by atomic mass is 10.2. The minimum absolute atomic E-state index is 0.403. The van der Waals surface area contributed by atoms with Gasteiger partial charge in [0, 0.05) is 30.0 Å². The molecule has 0 unspecified atom stereocenters. The van der Waals surface area contributed by atoms with Gasteiger partial charge in [0.15, 0.2) is 5.82 Å². The Bertz CT molecular complexity index is 772. The summed E-state index contributed by atoms with van der Waals surface area (Å²) in [5.74, 6) is 1.28. The van der Waals surface area contributed by atoms with Crippen LogP contribution in [0.1, 0.15) is 0 Å². The highest BCUT2D eigenvalue weighted by Crippen LogP contribution is 2.28. The number of aromatic nitrogens is 5. The predicted octanol–water partition coefficient (Wildman–Crippen LogP) is 3.07. The maximum absolute atomic E-state index is 6.21. The Balaban J connectivity index is 2.16. The Labute approximate surface area is 130 Å². The minimum Gasteiger partial charge on any atom is -0.357 e. The lowest BCUT2D eigenvalue weighted by Crippen LogP contribution is -2.08. The van der Waals surface area contributed by atoms with Crippen LogP contribution in [-0.4, -0.2) is 31.8 Å². The van der Waals surface area contributed by atoms with Crippen molar-refractivity contribution >= 4 is 29.2 Å². The number of rotatable bonds is 3. The van der Waals surface area contributed by atoms with Gasteiger partial charge in [-0.25, -0.2) is 4.68 Å². The fourth-order valence-corrected chi connectivity index (χ4v) is 2.25. The van der Waals surface area contributed by atoms with Crippen LogP contribution in [0.15, 0.2) is 36.7 Å². The Kier molecular flexibility index (Phi) is 3.72. The van der Waals surface area contributed by atoms with Crippen molar-refractivity contribution in [1.29, 1.82) is 0 Å². The SMILES string of the molecule is CNc1nc(-c2ccc(Cl)cc2Cl)nc(-n2cccn2)n1. The van der Waals surface area contributed by atoms with Crippen molar-refractivity contribution in [3.8, 4) is 17.3 Å². The van der Waals surface area contributed by atoms with Crippen LogP contribution in [0.25, 0.3) is 17.3 Å². The molecule has 3 aromatic rings. The molecular weight excluding hydrogens is 311 g/mol. The summed E-state index contributed by atoms with van der Waals surface area (Å²) in [6, 6.07) is 6.94. The molecule has 0 atom stereocenters. The first-order valence-electron chi connectivity index (χ1n) is 6.06. The molecule has 0 fully saturated rings. The van der Waals surface area contributed by atoms with E-state index in [0.717, 1.165) is 0 Å². The highest BCUT2D eigenvalue weighted by Gasteiger charge is 2.12. The smallest absolute Gasteiger partial charge is 0.255 e. The quantitative estimate of drug-likeness (QED) is 0.803. The number of nitrogens with one attached hydrogen (secondary N) is 1. The Morgan fingerprint density at radius 3 is 2.67 bits per heavy atom. The van der Waals surface area contributed by atoms with E-state index in [2.05, 4.69) is 25.4 Å². The van der Waals surface area contributed by atoms with Gasteiger partial charge < -0.3 is 5.32 Å². The van der Waals surface area contributed by atoms with Crippen LogP contribution in [0, 0.1) is 0 Å². The van der Waals surface area contributed by atoms with Gasteiger partial charge in [0.25, 0.3) is 5.95 Å². The van der Waals surface area contributed by atoms with Crippen molar-refractivity contribution in [3.05, 3.63) is 46.7 Å². The van der Waals surface area contributed by atoms with Crippen LogP contribution < -0.4 is 5.32 Å². The first-order chi connectivity index (χ1) is 10.2. The Morgan fingerprint density at radius 1 is 1.14 bits per heavy atom. The second-order valence-corrected chi connectivity index (χ2v) is 4.95. The summed E-state index contributed by atoms with van der Waals surface area (Å²) in [6.07, 6.45) is 3.40. The Morgan fingerprint density at radius 2 is 2.00 bits per heavy atom. The fourth-order valence-electron chi connectivity index (χ4n) is 1.76. The largest absolute Gasteiger partial charge is 0.357 e. The number of halogens is 2. The summed E-state index contributed by atoms with van der Waals surface area (Å²) >= 11 is 12.1. The van der Waals surface area contributed by atoms with E-state index in [1.54, 1.807) is 48.4 Å². The van der Waals surface area contributed by atoms with Gasteiger partial charge in [0.2, 0.25) is 5.95 Å². The monoisotopic (exact) mass is 320 g/mol. The summed E-state index contributed by atoms with van der Waals surface area (Å²) in [5.41, 5.74) is 0.674. The van der Waals surface area contributed by atoms with Crippen LogP contribution in [0.5, 0.6) is 0 Å². The lowest BCUT2D eigenvalue weighted by Gasteiger charge is -2.08. The van der Waals surface area contributed by atoms with E-state index in [9.17, 15) is 0 Å². The molecule has 106 valence electrons. The van der Waals surface area contributed by atoms with Gasteiger partial charge in [-0.3, -0.25) is 0 Å². The van der Waals surface area contributed by atoms with Crippen LogP contribution >= 0.6 is 23.2 Å². The van der Waals surface area contributed by atoms with Gasteiger partial charge in [0.05, 0.1) is 5.02 Å². The molecule has 1 aromatic carbocycles. The zero-order valence-corrected chi connectivity index (χ0v) is 12.5. The third-order valence-corrected chi connectivity index (χ3v) is 3.28. The van der Waals surface area contributed by atoms with Crippen molar-refractivity contribution in [2.24, 2.45) is 0 Å². The predicted molar refractivity (Wildman–Crippen MR) is 82.0 cm³/mol. The fraction of sp³-hybridized carbons (Fsp3) is 0.0769. The first kappa shape index (κ1) is 13.8. The third kappa shape index (κ3) is 2.81. The number of benzene rings is 1. The molecule has 0 bridgehead atoms. The normalized spacial score (nSPS) is 10.6. The highest BCUT2D eigenvalue weighted by atomic mass is 35.5. The standard InChI is InChI=1S/C13H10Cl2N6/c1-16-12-18-11(9-4-3-8(14)7-10(9)15)19-13(20-12)21-6-2-5-17-21/h2-7H,1H3,(H,16,18,19,20). The number of anilines is 1. The molecule has 3 rings (SSSR count). The zero-order chi connectivity index (χ0) is 14.8. The molecule has 1 N–H and O–H groups in total. The molecule has 21 heavy (non-hydrogen) atoms. The van der Waals surface area contributed by atoms with Gasteiger partial charge >= 0.3 is 0 Å². The lowest BCUT2D eigenvalue weighted by molar-refractivity contribution is 0.800. The van der Waals surface area contributed by atoms with Crippen molar-refractivity contribution < 1.29 is 0 Å². The Hall–Kier alpha value is -2.18. The maximum Gasteiger partial charge on any atom is 0.255 e. The first-order valence-corrected chi connectivity index (χ1v) is 6.82. The maximum atomic E-state index is 6.21. The summed E-state index contributed by atoms with van der Waals surface area (Å²) in [5, 5.41) is 8.04. The van der Waals surface area contributed by atoms with E-state index in [1.165, 1.54) is 0 Å². The minimum atomic E-state index is 0.403. The number of nitrogens with zero attached hydrogens (tertiary/aromatic N) is 5. The van der Waals surface area contributed by atoms with Gasteiger partial charge in [-0.2, -0.15) is 20.1 Å². The second kappa shape index (κ2) is 5.67. The van der Waals surface area contributed by atoms with E-state index in [-0.39, 0.29) is 0 Å². The molecule has 0 radical (unpaired) electrons. The molecule has 6 nitrogen and oxygen atoms in total. The number of hydrogen-bond acceptors (Lipinski definition) is 5. The van der Waals surface area contributed by atoms with E-state index in [0.29, 0.717) is 33.3 Å². The van der Waals surface area contributed by atoms with E-state index in [1.807, 2.05) is 0 Å². The van der Waals surface area contributed by atoms with Crippen LogP contribution in [-0.2, 0) is 0 Å². The summed E-state index contributed by atoms with van der Waals surface area (Å²) in [4.78, 5) is 13.0. The third-order valence-electron chi connectivity index (χ3n) is 2.73. The van der Waals surface area contributed by atoms with Crippen LogP contribution in [0.3, 0.4) is 0 Å². The molecule has 2 aromatic heterocycles. The summed E-state index contributed by atoms with van der Waals surface area (Å²) < 4.78 is 1.55. The molecule has 0 amide bonds. The van der Waals surface area contributed by atoms with E-state index < -0.39 is 0 Å². The van der Waals surface area contributed by atoms with Crippen LogP contribution in [0.4, 0.5) is 5.95 Å². The topological polar surface area (TPSA) is 68.5 Å². The molecule has 8 heteroatoms. The van der Waals surface area contributed by atoms with Gasteiger partial charge in [0.1, 0.15) is 0 Å². The highest BCUT2D eigenvalue weighted by molar-refractivity contribution is 6.36. The van der Waals surface area contributed by atoms with Gasteiger partial charge in [-0.15, -0.1) is 0 Å². The summed E-state index contributed by atoms with van der Waals surface area (Å²) in [7, 11) is 1.73. The van der Waals surface area contributed by atoms with Crippen LogP contribution in [0.2, 0.25) is 10.0 Å². The van der Waals surface area contributed by atoms with Crippen molar-refractivity contribution in [2.75, 3.05) is 12.4 Å². The van der Waals surface area contributed by atoms with Gasteiger partial charge in [-0.1, -0.05) is 23.2 Å². The van der Waals surface area contributed by atoms with Crippen molar-refractivity contribution in [3.63, 3.8) is 0 Å². The molecule has 0 spiro atoms. The molecule has 0 saturated carbocycles. The molecule has 2 heterocycles. The molecule has 0 aliphatic rings. The number of hydrogen-bond donors (Lipinski definition) is 1. The average molecular weight is 321 g/mol. The second-order valence-electron chi connectivity index (χ2n) is 4.11. The average Bonchev–Trinajstić information content (AvgIpc) is 3.01. The molecule has 0 saturated heterocycles. The summed E-state index contributed by atoms with van der Waals surface area (Å²) in [6.45, 7) is 0. The molecule has 0 aliphatic carbocycles. The van der Waals surface area contributed by atoms with E-state index in [4.69, 9.17) is 23.2 Å².